The van der Waals surface area contributed by atoms with Gasteiger partial charge in [-0.3, -0.25) is 14.8 Å². The molecule has 5 atom stereocenters. The molecule has 6 aliphatic heterocycles. The van der Waals surface area contributed by atoms with E-state index >= 15 is 0 Å². The molecule has 0 bridgehead atoms. The van der Waals surface area contributed by atoms with Crippen molar-refractivity contribution in [3.63, 3.8) is 0 Å². The molecule has 0 aliphatic carbocycles. The van der Waals surface area contributed by atoms with Gasteiger partial charge in [0.1, 0.15) is 30.3 Å². The van der Waals surface area contributed by atoms with Gasteiger partial charge in [0.25, 0.3) is 0 Å². The van der Waals surface area contributed by atoms with Gasteiger partial charge in [0.05, 0.1) is 32.3 Å². The second-order valence-corrected chi connectivity index (χ2v) is 17.5. The van der Waals surface area contributed by atoms with Gasteiger partial charge in [-0.25, -0.2) is 9.59 Å². The van der Waals surface area contributed by atoms with Crippen molar-refractivity contribution in [2.45, 2.75) is 103 Å². The Kier molecular flexibility index (Phi) is 11.8. The van der Waals surface area contributed by atoms with Crippen molar-refractivity contribution in [1.29, 1.82) is 0 Å². The van der Waals surface area contributed by atoms with Crippen LogP contribution in [0.4, 0.5) is 9.59 Å². The first-order chi connectivity index (χ1) is 29.4. The summed E-state index contributed by atoms with van der Waals surface area (Å²) in [7, 11) is 2.69. The van der Waals surface area contributed by atoms with Crippen LogP contribution < -0.4 is 20.1 Å². The number of amides is 3. The molecular weight excluding hydrogens is 773 g/mol. The molecule has 61 heavy (non-hydrogen) atoms. The average Bonchev–Trinajstić information content (AvgIpc) is 4.10. The number of allylic oxidation sites excluding steroid dienone is 2. The van der Waals surface area contributed by atoms with Crippen LogP contribution in [0, 0.1) is 11.8 Å². The lowest BCUT2D eigenvalue weighted by Gasteiger charge is -2.35. The van der Waals surface area contributed by atoms with E-state index in [0.29, 0.717) is 19.6 Å². The molecule has 2 aromatic rings. The van der Waals surface area contributed by atoms with Crippen LogP contribution in [0.2, 0.25) is 0 Å². The number of carbonyl (C=O) groups is 3. The normalized spacial score (nSPS) is 22.5. The summed E-state index contributed by atoms with van der Waals surface area (Å²) in [6.45, 7) is 16.5. The van der Waals surface area contributed by atoms with Crippen LogP contribution in [0.25, 0.3) is 22.3 Å². The molecule has 2 aromatic carbocycles. The molecule has 1 unspecified atom stereocenters. The highest BCUT2D eigenvalue weighted by molar-refractivity contribution is 6.05. The van der Waals surface area contributed by atoms with Crippen LogP contribution >= 0.6 is 0 Å². The lowest BCUT2D eigenvalue weighted by Crippen LogP contribution is -2.53. The number of hydrogen-bond acceptors (Lipinski definition) is 10. The zero-order valence-corrected chi connectivity index (χ0v) is 36.4. The van der Waals surface area contributed by atoms with Crippen LogP contribution in [0.1, 0.15) is 95.4 Å². The molecule has 6 heterocycles. The lowest BCUT2D eigenvalue weighted by atomic mass is 9.85. The number of ether oxygens (including phenoxy) is 4. The third kappa shape index (κ3) is 8.06. The number of methoxy groups -OCH3 is 2. The average molecular weight is 831 g/mol. The second kappa shape index (κ2) is 17.3. The highest BCUT2D eigenvalue weighted by Crippen LogP contribution is 2.48. The molecule has 3 amide bonds. The van der Waals surface area contributed by atoms with Crippen molar-refractivity contribution in [3.8, 4) is 11.5 Å². The lowest BCUT2D eigenvalue weighted by molar-refractivity contribution is -0.134. The number of nitrogens with zero attached hydrogens (tertiary/aromatic N) is 4. The highest BCUT2D eigenvalue weighted by atomic mass is 16.5. The maximum atomic E-state index is 13.7. The Morgan fingerprint density at radius 3 is 1.90 bits per heavy atom. The van der Waals surface area contributed by atoms with Crippen LogP contribution in [0.5, 0.6) is 11.5 Å². The van der Waals surface area contributed by atoms with E-state index in [4.69, 9.17) is 28.9 Å². The number of aliphatic imine (C=N–C) groups is 2. The maximum absolute atomic E-state index is 13.7. The first-order valence-electron chi connectivity index (χ1n) is 21.6. The van der Waals surface area contributed by atoms with Gasteiger partial charge < -0.3 is 39.4 Å². The zero-order valence-electron chi connectivity index (χ0n) is 36.4. The number of carbonyl (C=O) groups excluding carboxylic acids is 3. The summed E-state index contributed by atoms with van der Waals surface area (Å²) in [5, 5.41) is 5.71. The SMILES string of the molecule is C=C([C@@H](NC(=O)OC)C(C)C)N1CCC[C@H]1C1=NC=C(c2ccc3c(c2)OC(C)C2=C3COc3cc(C4=CN=C([C@@H]5CCCN5C(=O)[C@@H](NC(=O)OC)C(C)C)C4)ccc32)C1. The predicted molar refractivity (Wildman–Crippen MR) is 237 cm³/mol. The van der Waals surface area contributed by atoms with Crippen LogP contribution in [-0.2, 0) is 14.3 Å². The summed E-state index contributed by atoms with van der Waals surface area (Å²) < 4.78 is 22.9. The number of likely N-dealkylation sites (tertiary alicyclic amines) is 2. The van der Waals surface area contributed by atoms with Gasteiger partial charge in [-0.1, -0.05) is 58.5 Å². The number of fused-ring (bicyclic) bond motifs is 4. The smallest absolute Gasteiger partial charge is 0.407 e. The molecular formula is C48H58N6O7. The number of rotatable bonds is 11. The van der Waals surface area contributed by atoms with Crippen molar-refractivity contribution in [2.75, 3.05) is 33.9 Å². The predicted octanol–water partition coefficient (Wildman–Crippen LogP) is 7.87. The van der Waals surface area contributed by atoms with Crippen LogP contribution in [0.15, 0.2) is 71.1 Å². The molecule has 8 rings (SSSR count). The Morgan fingerprint density at radius 2 is 1.31 bits per heavy atom. The molecule has 6 aliphatic rings. The minimum absolute atomic E-state index is 0.0925. The highest BCUT2D eigenvalue weighted by Gasteiger charge is 2.40. The van der Waals surface area contributed by atoms with Gasteiger partial charge >= 0.3 is 12.2 Å². The van der Waals surface area contributed by atoms with Crippen LogP contribution in [0.3, 0.4) is 0 Å². The Labute approximate surface area is 358 Å². The fourth-order valence-corrected chi connectivity index (χ4v) is 9.83. The Morgan fingerprint density at radius 1 is 0.770 bits per heavy atom. The molecule has 0 saturated carbocycles. The van der Waals surface area contributed by atoms with E-state index in [9.17, 15) is 14.4 Å². The van der Waals surface area contributed by atoms with Crippen LogP contribution in [-0.4, -0.2) is 104 Å². The molecule has 322 valence electrons. The van der Waals surface area contributed by atoms with Crippen molar-refractivity contribution in [3.05, 3.63) is 83.3 Å². The molecule has 13 nitrogen and oxygen atoms in total. The number of hydrogen-bond donors (Lipinski definition) is 2. The molecule has 0 spiro atoms. The summed E-state index contributed by atoms with van der Waals surface area (Å²) in [6.07, 6.45) is 7.76. The Bertz CT molecular complexity index is 2290. The van der Waals surface area contributed by atoms with E-state index in [-0.39, 0.29) is 42.0 Å². The topological polar surface area (TPSA) is 143 Å². The van der Waals surface area contributed by atoms with E-state index in [1.807, 2.05) is 31.1 Å². The molecule has 2 fully saturated rings. The minimum Gasteiger partial charge on any atom is -0.488 e. The van der Waals surface area contributed by atoms with Gasteiger partial charge in [-0.15, -0.1) is 0 Å². The van der Waals surface area contributed by atoms with Crippen molar-refractivity contribution in [2.24, 2.45) is 21.8 Å². The first kappa shape index (κ1) is 41.9. The van der Waals surface area contributed by atoms with E-state index < -0.39 is 18.2 Å². The minimum atomic E-state index is -0.670. The van der Waals surface area contributed by atoms with E-state index in [0.717, 1.165) is 112 Å². The Hall–Kier alpha value is -5.85. The van der Waals surface area contributed by atoms with Gasteiger partial charge in [-0.2, -0.15) is 0 Å². The molecule has 2 N–H and O–H groups in total. The molecule has 0 radical (unpaired) electrons. The second-order valence-electron chi connectivity index (χ2n) is 17.5. The van der Waals surface area contributed by atoms with Gasteiger partial charge in [0, 0.05) is 77.7 Å². The molecule has 0 aromatic heterocycles. The maximum Gasteiger partial charge on any atom is 0.407 e. The fourth-order valence-electron chi connectivity index (χ4n) is 9.83. The third-order valence-corrected chi connectivity index (χ3v) is 13.0. The van der Waals surface area contributed by atoms with Crippen molar-refractivity contribution in [1.82, 2.24) is 20.4 Å². The number of benzene rings is 2. The van der Waals surface area contributed by atoms with E-state index in [2.05, 4.69) is 79.3 Å². The molecule has 2 saturated heterocycles. The number of nitrogens with one attached hydrogen (secondary N) is 2. The van der Waals surface area contributed by atoms with Gasteiger partial charge in [-0.05, 0) is 78.8 Å². The summed E-state index contributed by atoms with van der Waals surface area (Å²) >= 11 is 0. The number of alkyl carbamates (subject to hydrolysis) is 2. The first-order valence-corrected chi connectivity index (χ1v) is 21.6. The summed E-state index contributed by atoms with van der Waals surface area (Å²) in [4.78, 5) is 51.8. The summed E-state index contributed by atoms with van der Waals surface area (Å²) in [5.74, 6) is 1.61. The van der Waals surface area contributed by atoms with E-state index in [1.54, 1.807) is 0 Å². The standard InChI is InChI=1S/C48H58N6O7/c1-26(2)44(51-47(56)58-7)28(5)53-17-9-11-39(53)37-19-33(24-49-37)31-13-15-34-36-25-60-41-21-30(14-16-35(41)43(36)29(6)61-42(34)22-31)32-20-38(50-23-32)40-12-10-18-54(40)46(55)45(27(3)4)52-48(57)59-8/h13-16,21-24,26-27,29,39-40,44-45H,5,9-12,17-20,25H2,1-4,6-8H3,(H,51,56)(H,52,57)/t29?,39-,40-,44-,45-/m0/s1. The quantitative estimate of drug-likeness (QED) is 0.233. The third-order valence-electron chi connectivity index (χ3n) is 13.0. The van der Waals surface area contributed by atoms with E-state index in [1.165, 1.54) is 14.2 Å². The zero-order chi connectivity index (χ0) is 43.1. The fraction of sp³-hybridized carbons (Fsp3) is 0.479. The molecule has 13 heteroatoms. The van der Waals surface area contributed by atoms with Crippen molar-refractivity contribution >= 4 is 51.8 Å². The van der Waals surface area contributed by atoms with Gasteiger partial charge in [0.2, 0.25) is 5.91 Å². The largest absolute Gasteiger partial charge is 0.488 e. The van der Waals surface area contributed by atoms with Gasteiger partial charge in [0.15, 0.2) is 0 Å². The summed E-state index contributed by atoms with van der Waals surface area (Å²) in [5.41, 5.74) is 11.6. The van der Waals surface area contributed by atoms with Crippen molar-refractivity contribution < 1.29 is 33.3 Å². The Balaban J connectivity index is 0.936. The summed E-state index contributed by atoms with van der Waals surface area (Å²) in [6, 6.07) is 11.9. The monoisotopic (exact) mass is 830 g/mol.